The molecule has 0 atom stereocenters. The van der Waals surface area contributed by atoms with Gasteiger partial charge in [0.15, 0.2) is 0 Å². The molecule has 1 aromatic carbocycles. The van der Waals surface area contributed by atoms with Gasteiger partial charge in [-0.25, -0.2) is 4.98 Å². The predicted molar refractivity (Wildman–Crippen MR) is 85.9 cm³/mol. The van der Waals surface area contributed by atoms with Crippen LogP contribution in [0, 0.1) is 0 Å². The minimum absolute atomic E-state index is 0.399. The zero-order valence-corrected chi connectivity index (χ0v) is 12.9. The molecule has 21 heavy (non-hydrogen) atoms. The van der Waals surface area contributed by atoms with Crippen LogP contribution in [0.2, 0.25) is 10.0 Å². The van der Waals surface area contributed by atoms with Crippen LogP contribution in [0.25, 0.3) is 0 Å². The smallest absolute Gasteiger partial charge is 0.243 e. The van der Waals surface area contributed by atoms with Crippen LogP contribution in [0.1, 0.15) is 0 Å². The Morgan fingerprint density at radius 3 is 2.71 bits per heavy atom. The van der Waals surface area contributed by atoms with Crippen molar-refractivity contribution in [2.45, 2.75) is 0 Å². The van der Waals surface area contributed by atoms with E-state index in [0.29, 0.717) is 21.7 Å². The third-order valence-electron chi connectivity index (χ3n) is 3.33. The molecule has 0 spiro atoms. The van der Waals surface area contributed by atoms with Crippen LogP contribution in [0.15, 0.2) is 36.5 Å². The van der Waals surface area contributed by atoms with Gasteiger partial charge in [-0.1, -0.05) is 29.3 Å². The zero-order valence-electron chi connectivity index (χ0n) is 11.4. The highest BCUT2D eigenvalue weighted by Gasteiger charge is 2.17. The summed E-state index contributed by atoms with van der Waals surface area (Å²) >= 11 is 12.2. The molecule has 4 nitrogen and oxygen atoms in total. The summed E-state index contributed by atoms with van der Waals surface area (Å²) in [6.45, 7) is 3.75. The Morgan fingerprint density at radius 1 is 1.10 bits per heavy atom. The molecule has 1 aliphatic rings. The van der Waals surface area contributed by atoms with E-state index in [0.717, 1.165) is 31.9 Å². The van der Waals surface area contributed by atoms with Crippen molar-refractivity contribution in [3.63, 3.8) is 0 Å². The van der Waals surface area contributed by atoms with E-state index in [9.17, 15) is 0 Å². The highest BCUT2D eigenvalue weighted by Crippen LogP contribution is 2.37. The first-order valence-corrected chi connectivity index (χ1v) is 7.54. The molecule has 0 amide bonds. The molecule has 1 fully saturated rings. The highest BCUT2D eigenvalue weighted by molar-refractivity contribution is 6.42. The largest absolute Gasteiger partial charge is 0.435 e. The van der Waals surface area contributed by atoms with Gasteiger partial charge in [0.2, 0.25) is 5.88 Å². The lowest BCUT2D eigenvalue weighted by molar-refractivity contribution is 0.459. The van der Waals surface area contributed by atoms with Crippen LogP contribution in [0.4, 0.5) is 5.69 Å². The van der Waals surface area contributed by atoms with E-state index in [2.05, 4.69) is 15.2 Å². The van der Waals surface area contributed by atoms with E-state index in [1.165, 1.54) is 0 Å². The molecule has 0 bridgehead atoms. The van der Waals surface area contributed by atoms with Gasteiger partial charge >= 0.3 is 0 Å². The summed E-state index contributed by atoms with van der Waals surface area (Å²) in [5.74, 6) is 1.06. The molecule has 0 unspecified atom stereocenters. The summed E-state index contributed by atoms with van der Waals surface area (Å²) in [7, 11) is 0. The van der Waals surface area contributed by atoms with Crippen LogP contribution in [0.3, 0.4) is 0 Å². The Kier molecular flexibility index (Phi) is 4.48. The first-order valence-electron chi connectivity index (χ1n) is 6.78. The number of halogens is 2. The molecular formula is C15H15Cl2N3O. The van der Waals surface area contributed by atoms with Crippen LogP contribution < -0.4 is 15.0 Å². The monoisotopic (exact) mass is 323 g/mol. The maximum atomic E-state index is 6.17. The van der Waals surface area contributed by atoms with Crippen molar-refractivity contribution in [1.82, 2.24) is 10.3 Å². The third-order valence-corrected chi connectivity index (χ3v) is 4.13. The van der Waals surface area contributed by atoms with Crippen molar-refractivity contribution in [2.75, 3.05) is 31.1 Å². The predicted octanol–water partition coefficient (Wildman–Crippen LogP) is 3.59. The lowest BCUT2D eigenvalue weighted by atomic mass is 10.3. The summed E-state index contributed by atoms with van der Waals surface area (Å²) < 4.78 is 5.88. The number of hydrogen-bond acceptors (Lipinski definition) is 4. The second-order valence-corrected chi connectivity index (χ2v) is 5.50. The normalized spacial score (nSPS) is 15.0. The van der Waals surface area contributed by atoms with E-state index in [1.807, 2.05) is 12.1 Å². The van der Waals surface area contributed by atoms with Crippen molar-refractivity contribution >= 4 is 28.9 Å². The molecule has 110 valence electrons. The van der Waals surface area contributed by atoms with Gasteiger partial charge in [-0.2, -0.15) is 0 Å². The number of piperazine rings is 1. The summed E-state index contributed by atoms with van der Waals surface area (Å²) in [4.78, 5) is 6.58. The quantitative estimate of drug-likeness (QED) is 0.936. The Labute approximate surface area is 133 Å². The average molecular weight is 324 g/mol. The van der Waals surface area contributed by atoms with E-state index in [-0.39, 0.29) is 0 Å². The minimum Gasteiger partial charge on any atom is -0.435 e. The number of nitrogens with one attached hydrogen (secondary N) is 1. The van der Waals surface area contributed by atoms with Crippen molar-refractivity contribution in [1.29, 1.82) is 0 Å². The lowest BCUT2D eigenvalue weighted by Gasteiger charge is -2.30. The number of ether oxygens (including phenoxy) is 1. The summed E-state index contributed by atoms with van der Waals surface area (Å²) in [5, 5.41) is 4.19. The maximum Gasteiger partial charge on any atom is 0.243 e. The number of pyridine rings is 1. The molecule has 2 heterocycles. The van der Waals surface area contributed by atoms with Gasteiger partial charge in [0, 0.05) is 32.4 Å². The number of aromatic nitrogens is 1. The molecule has 2 aromatic rings. The van der Waals surface area contributed by atoms with Crippen molar-refractivity contribution in [3.05, 3.63) is 46.6 Å². The van der Waals surface area contributed by atoms with Crippen LogP contribution in [-0.2, 0) is 0 Å². The molecule has 3 rings (SSSR count). The van der Waals surface area contributed by atoms with Gasteiger partial charge in [0.25, 0.3) is 0 Å². The number of rotatable bonds is 3. The van der Waals surface area contributed by atoms with Crippen molar-refractivity contribution in [2.24, 2.45) is 0 Å². The fraction of sp³-hybridized carbons (Fsp3) is 0.267. The fourth-order valence-corrected chi connectivity index (χ4v) is 2.60. The lowest BCUT2D eigenvalue weighted by Crippen LogP contribution is -2.43. The van der Waals surface area contributed by atoms with E-state index in [1.54, 1.807) is 24.4 Å². The van der Waals surface area contributed by atoms with E-state index in [4.69, 9.17) is 27.9 Å². The summed E-state index contributed by atoms with van der Waals surface area (Å²) in [6, 6.07) is 9.23. The summed E-state index contributed by atoms with van der Waals surface area (Å²) in [6.07, 6.45) is 1.71. The third kappa shape index (κ3) is 3.23. The Hall–Kier alpha value is -1.49. The molecule has 1 saturated heterocycles. The molecule has 1 aliphatic heterocycles. The Morgan fingerprint density at radius 2 is 1.90 bits per heavy atom. The van der Waals surface area contributed by atoms with Gasteiger partial charge in [0.1, 0.15) is 16.5 Å². The molecule has 0 radical (unpaired) electrons. The zero-order chi connectivity index (χ0) is 14.7. The molecule has 1 N–H and O–H groups in total. The van der Waals surface area contributed by atoms with E-state index < -0.39 is 0 Å². The van der Waals surface area contributed by atoms with Gasteiger partial charge in [0.05, 0.1) is 5.02 Å². The highest BCUT2D eigenvalue weighted by atomic mass is 35.5. The minimum atomic E-state index is 0.399. The van der Waals surface area contributed by atoms with E-state index >= 15 is 0 Å². The number of anilines is 1. The molecule has 0 aliphatic carbocycles. The topological polar surface area (TPSA) is 37.4 Å². The van der Waals surface area contributed by atoms with Crippen LogP contribution in [-0.4, -0.2) is 31.2 Å². The second-order valence-electron chi connectivity index (χ2n) is 4.72. The number of nitrogens with zero attached hydrogens (tertiary/aromatic N) is 2. The van der Waals surface area contributed by atoms with Gasteiger partial charge in [-0.3, -0.25) is 0 Å². The average Bonchev–Trinajstić information content (AvgIpc) is 2.53. The van der Waals surface area contributed by atoms with Gasteiger partial charge in [-0.15, -0.1) is 0 Å². The van der Waals surface area contributed by atoms with Crippen LogP contribution >= 0.6 is 23.2 Å². The fourth-order valence-electron chi connectivity index (χ4n) is 2.27. The Balaban J connectivity index is 1.90. The van der Waals surface area contributed by atoms with Gasteiger partial charge < -0.3 is 15.0 Å². The first kappa shape index (κ1) is 14.4. The molecule has 0 saturated carbocycles. The standard InChI is InChI=1S/C15H15Cl2N3O/c16-11-3-1-5-13(14(11)17)21-15-12(4-2-6-19-15)20-9-7-18-8-10-20/h1-6,18H,7-10H2. The molecule has 6 heteroatoms. The maximum absolute atomic E-state index is 6.17. The first-order chi connectivity index (χ1) is 10.3. The second kappa shape index (κ2) is 6.52. The summed E-state index contributed by atoms with van der Waals surface area (Å²) in [5.41, 5.74) is 0.968. The van der Waals surface area contributed by atoms with Crippen LogP contribution in [0.5, 0.6) is 11.6 Å². The van der Waals surface area contributed by atoms with Crippen molar-refractivity contribution < 1.29 is 4.74 Å². The number of benzene rings is 1. The van der Waals surface area contributed by atoms with Gasteiger partial charge in [-0.05, 0) is 24.3 Å². The SMILES string of the molecule is Clc1cccc(Oc2ncccc2N2CCNCC2)c1Cl. The van der Waals surface area contributed by atoms with Crippen molar-refractivity contribution in [3.8, 4) is 11.6 Å². The molecule has 1 aromatic heterocycles. The number of hydrogen-bond donors (Lipinski definition) is 1. The molecular weight excluding hydrogens is 309 g/mol. The Bertz CT molecular complexity index is 630.